The van der Waals surface area contributed by atoms with E-state index in [0.29, 0.717) is 17.0 Å². The van der Waals surface area contributed by atoms with Gasteiger partial charge in [0.1, 0.15) is 11.1 Å². The lowest BCUT2D eigenvalue weighted by Crippen LogP contribution is -2.19. The van der Waals surface area contributed by atoms with Crippen LogP contribution in [0.15, 0.2) is 5.03 Å². The van der Waals surface area contributed by atoms with Crippen LogP contribution < -0.4 is 5.73 Å². The highest BCUT2D eigenvalue weighted by Gasteiger charge is 2.27. The van der Waals surface area contributed by atoms with Crippen LogP contribution in [0.5, 0.6) is 0 Å². The molecule has 0 saturated carbocycles. The molecular weight excluding hydrogens is 302 g/mol. The highest BCUT2D eigenvalue weighted by atomic mass is 32.2. The third-order valence-corrected chi connectivity index (χ3v) is 4.38. The van der Waals surface area contributed by atoms with Gasteiger partial charge in [-0.2, -0.15) is 5.26 Å². The SMILES string of the molecule is CCOC(=O)c1c(C#N)c(SCC(N)=O)nc2c1CCCC2. The van der Waals surface area contributed by atoms with Crippen molar-refractivity contribution in [3.05, 3.63) is 22.4 Å². The van der Waals surface area contributed by atoms with E-state index in [4.69, 9.17) is 10.5 Å². The van der Waals surface area contributed by atoms with Gasteiger partial charge >= 0.3 is 5.97 Å². The highest BCUT2D eigenvalue weighted by Crippen LogP contribution is 2.32. The Labute approximate surface area is 133 Å². The van der Waals surface area contributed by atoms with Crippen LogP contribution in [0.2, 0.25) is 0 Å². The molecule has 0 aliphatic heterocycles. The standard InChI is InChI=1S/C15H17N3O3S/c1-2-21-15(20)13-9-5-3-4-6-11(9)18-14(10(13)7-16)22-8-12(17)19/h2-6,8H2,1H3,(H2,17,19). The van der Waals surface area contributed by atoms with E-state index < -0.39 is 11.9 Å². The molecule has 0 atom stereocenters. The minimum absolute atomic E-state index is 0.0166. The second-order valence-electron chi connectivity index (χ2n) is 4.89. The van der Waals surface area contributed by atoms with E-state index in [1.807, 2.05) is 6.07 Å². The first-order chi connectivity index (χ1) is 10.6. The number of ether oxygens (including phenoxy) is 1. The number of nitrogens with two attached hydrogens (primary N) is 1. The Morgan fingerprint density at radius 3 is 2.77 bits per heavy atom. The van der Waals surface area contributed by atoms with Crippen molar-refractivity contribution in [1.29, 1.82) is 5.26 Å². The van der Waals surface area contributed by atoms with Gasteiger partial charge < -0.3 is 10.5 Å². The Morgan fingerprint density at radius 2 is 2.14 bits per heavy atom. The van der Waals surface area contributed by atoms with E-state index in [9.17, 15) is 14.9 Å². The number of nitrogens with zero attached hydrogens (tertiary/aromatic N) is 2. The molecule has 1 aromatic rings. The van der Waals surface area contributed by atoms with E-state index in [0.717, 1.165) is 42.3 Å². The Balaban J connectivity index is 2.56. The number of amides is 1. The summed E-state index contributed by atoms with van der Waals surface area (Å²) in [6.07, 6.45) is 3.43. The normalized spacial score (nSPS) is 13.1. The molecule has 1 aliphatic rings. The van der Waals surface area contributed by atoms with Gasteiger partial charge in [-0.15, -0.1) is 0 Å². The number of primary amides is 1. The molecule has 6 nitrogen and oxygen atoms in total. The summed E-state index contributed by atoms with van der Waals surface area (Å²) >= 11 is 1.09. The van der Waals surface area contributed by atoms with Crippen molar-refractivity contribution in [2.24, 2.45) is 5.73 Å². The Morgan fingerprint density at radius 1 is 1.41 bits per heavy atom. The quantitative estimate of drug-likeness (QED) is 0.652. The van der Waals surface area contributed by atoms with E-state index in [1.165, 1.54) is 0 Å². The molecule has 1 heterocycles. The summed E-state index contributed by atoms with van der Waals surface area (Å²) < 4.78 is 5.10. The molecule has 2 N–H and O–H groups in total. The molecular formula is C15H17N3O3S. The smallest absolute Gasteiger partial charge is 0.339 e. The second kappa shape index (κ2) is 7.27. The lowest BCUT2D eigenvalue weighted by atomic mass is 9.90. The lowest BCUT2D eigenvalue weighted by Gasteiger charge is -2.20. The first kappa shape index (κ1) is 16.3. The van der Waals surface area contributed by atoms with Crippen molar-refractivity contribution in [3.8, 4) is 6.07 Å². The highest BCUT2D eigenvalue weighted by molar-refractivity contribution is 8.00. The minimum Gasteiger partial charge on any atom is -0.462 e. The van der Waals surface area contributed by atoms with Crippen molar-refractivity contribution in [2.45, 2.75) is 37.6 Å². The number of hydrogen-bond donors (Lipinski definition) is 1. The number of hydrogen-bond acceptors (Lipinski definition) is 6. The van der Waals surface area contributed by atoms with Crippen molar-refractivity contribution < 1.29 is 14.3 Å². The Kier molecular flexibility index (Phi) is 5.39. The summed E-state index contributed by atoms with van der Waals surface area (Å²) in [5.41, 5.74) is 7.27. The number of esters is 1. The largest absolute Gasteiger partial charge is 0.462 e. The van der Waals surface area contributed by atoms with Crippen molar-refractivity contribution >= 4 is 23.6 Å². The Bertz CT molecular complexity index is 652. The fourth-order valence-corrected chi connectivity index (χ4v) is 3.24. The average molecular weight is 319 g/mol. The van der Waals surface area contributed by atoms with Crippen LogP contribution in [0.1, 0.15) is 46.9 Å². The van der Waals surface area contributed by atoms with E-state index >= 15 is 0 Å². The Hall–Kier alpha value is -2.07. The number of aryl methyl sites for hydroxylation is 1. The fourth-order valence-electron chi connectivity index (χ4n) is 2.49. The van der Waals surface area contributed by atoms with Crippen molar-refractivity contribution in [3.63, 3.8) is 0 Å². The van der Waals surface area contributed by atoms with Crippen LogP contribution in [-0.4, -0.2) is 29.2 Å². The summed E-state index contributed by atoms with van der Waals surface area (Å²) in [5, 5.41) is 9.84. The molecule has 1 aliphatic carbocycles. The minimum atomic E-state index is -0.500. The van der Waals surface area contributed by atoms with Crippen LogP contribution in [-0.2, 0) is 22.4 Å². The van der Waals surface area contributed by atoms with Crippen LogP contribution in [0.25, 0.3) is 0 Å². The number of fused-ring (bicyclic) bond motifs is 1. The molecule has 0 bridgehead atoms. The van der Waals surface area contributed by atoms with Crippen LogP contribution >= 0.6 is 11.8 Å². The molecule has 1 amide bonds. The summed E-state index contributed by atoms with van der Waals surface area (Å²) in [7, 11) is 0. The van der Waals surface area contributed by atoms with Gasteiger partial charge in [-0.05, 0) is 38.2 Å². The number of thioether (sulfide) groups is 1. The van der Waals surface area contributed by atoms with Gasteiger partial charge in [0.25, 0.3) is 0 Å². The van der Waals surface area contributed by atoms with Crippen LogP contribution in [0.4, 0.5) is 0 Å². The van der Waals surface area contributed by atoms with E-state index in [2.05, 4.69) is 4.98 Å². The first-order valence-electron chi connectivity index (χ1n) is 7.12. The first-order valence-corrected chi connectivity index (χ1v) is 8.11. The number of aromatic nitrogens is 1. The third-order valence-electron chi connectivity index (χ3n) is 3.38. The zero-order valence-electron chi connectivity index (χ0n) is 12.3. The number of carbonyl (C=O) groups is 2. The van der Waals surface area contributed by atoms with Crippen LogP contribution in [0, 0.1) is 11.3 Å². The van der Waals surface area contributed by atoms with Gasteiger partial charge in [0.15, 0.2) is 0 Å². The summed E-state index contributed by atoms with van der Waals surface area (Å²) in [4.78, 5) is 27.8. The maximum Gasteiger partial charge on any atom is 0.339 e. The molecule has 0 radical (unpaired) electrons. The zero-order valence-corrected chi connectivity index (χ0v) is 13.2. The predicted molar refractivity (Wildman–Crippen MR) is 81.5 cm³/mol. The van der Waals surface area contributed by atoms with E-state index in [1.54, 1.807) is 6.92 Å². The van der Waals surface area contributed by atoms with E-state index in [-0.39, 0.29) is 17.9 Å². The molecule has 0 fully saturated rings. The maximum absolute atomic E-state index is 12.3. The molecule has 22 heavy (non-hydrogen) atoms. The van der Waals surface area contributed by atoms with Gasteiger partial charge in [0.2, 0.25) is 5.91 Å². The lowest BCUT2D eigenvalue weighted by molar-refractivity contribution is -0.115. The number of rotatable bonds is 5. The topological polar surface area (TPSA) is 106 Å². The summed E-state index contributed by atoms with van der Waals surface area (Å²) in [6.45, 7) is 1.96. The molecule has 0 unspecified atom stereocenters. The van der Waals surface area contributed by atoms with Gasteiger partial charge in [-0.3, -0.25) is 4.79 Å². The van der Waals surface area contributed by atoms with Gasteiger partial charge in [0, 0.05) is 5.69 Å². The van der Waals surface area contributed by atoms with Crippen molar-refractivity contribution in [2.75, 3.05) is 12.4 Å². The molecule has 116 valence electrons. The van der Waals surface area contributed by atoms with Crippen LogP contribution in [0.3, 0.4) is 0 Å². The molecule has 2 rings (SSSR count). The molecule has 1 aromatic heterocycles. The van der Waals surface area contributed by atoms with Gasteiger partial charge in [-0.1, -0.05) is 11.8 Å². The number of nitriles is 1. The number of pyridine rings is 1. The third kappa shape index (κ3) is 3.39. The number of carbonyl (C=O) groups excluding carboxylic acids is 2. The average Bonchev–Trinajstić information content (AvgIpc) is 2.51. The molecule has 0 aromatic carbocycles. The fraction of sp³-hybridized carbons (Fsp3) is 0.467. The summed E-state index contributed by atoms with van der Waals surface area (Å²) in [5.74, 6) is -0.977. The monoisotopic (exact) mass is 319 g/mol. The molecule has 0 saturated heterocycles. The summed E-state index contributed by atoms with van der Waals surface area (Å²) in [6, 6.07) is 2.04. The van der Waals surface area contributed by atoms with Gasteiger partial charge in [0.05, 0.1) is 23.5 Å². The predicted octanol–water partition coefficient (Wildman–Crippen LogP) is 1.59. The van der Waals surface area contributed by atoms with Crippen molar-refractivity contribution in [1.82, 2.24) is 4.98 Å². The van der Waals surface area contributed by atoms with Gasteiger partial charge in [-0.25, -0.2) is 9.78 Å². The zero-order chi connectivity index (χ0) is 16.1. The maximum atomic E-state index is 12.3. The second-order valence-corrected chi connectivity index (χ2v) is 5.85. The molecule has 0 spiro atoms. The molecule has 7 heteroatoms.